The van der Waals surface area contributed by atoms with Crippen molar-refractivity contribution in [3.8, 4) is 0 Å². The second-order valence-electron chi connectivity index (χ2n) is 7.18. The van der Waals surface area contributed by atoms with Gasteiger partial charge in [0.05, 0.1) is 24.8 Å². The number of morpholine rings is 1. The Labute approximate surface area is 135 Å². The maximum atomic E-state index is 13.4. The van der Waals surface area contributed by atoms with Crippen molar-refractivity contribution in [2.75, 3.05) is 26.3 Å². The summed E-state index contributed by atoms with van der Waals surface area (Å²) in [5.41, 5.74) is -1.18. The van der Waals surface area contributed by atoms with E-state index < -0.39 is 11.3 Å². The first kappa shape index (κ1) is 15.4. The second kappa shape index (κ2) is 5.43. The van der Waals surface area contributed by atoms with Crippen molar-refractivity contribution in [3.63, 3.8) is 0 Å². The number of ether oxygens (including phenoxy) is 1. The van der Waals surface area contributed by atoms with Crippen LogP contribution in [0.25, 0.3) is 0 Å². The van der Waals surface area contributed by atoms with Crippen LogP contribution in [-0.4, -0.2) is 68.9 Å². The van der Waals surface area contributed by atoms with Crippen LogP contribution < -0.4 is 0 Å². The molecule has 7 nitrogen and oxygen atoms in total. The Kier molecular flexibility index (Phi) is 3.62. The number of fused-ring (bicyclic) bond motifs is 3. The third-order valence-electron chi connectivity index (χ3n) is 6.33. The third-order valence-corrected chi connectivity index (χ3v) is 6.33. The summed E-state index contributed by atoms with van der Waals surface area (Å²) in [6.45, 7) is 2.67. The molecular formula is C16H25N3O4. The highest BCUT2D eigenvalue weighted by atomic mass is 16.5. The maximum absolute atomic E-state index is 13.4. The average molecular weight is 323 g/mol. The van der Waals surface area contributed by atoms with Crippen LogP contribution in [0, 0.1) is 11.1 Å². The zero-order valence-corrected chi connectivity index (χ0v) is 13.4. The van der Waals surface area contributed by atoms with E-state index in [4.69, 9.17) is 4.74 Å². The van der Waals surface area contributed by atoms with Crippen molar-refractivity contribution in [1.82, 2.24) is 4.90 Å². The minimum absolute atomic E-state index is 0.222. The van der Waals surface area contributed by atoms with Crippen molar-refractivity contribution < 1.29 is 19.8 Å². The number of hydrogen-bond acceptors (Lipinski definition) is 6. The van der Waals surface area contributed by atoms with Gasteiger partial charge in [-0.2, -0.15) is 4.74 Å². The molecule has 7 heteroatoms. The van der Waals surface area contributed by atoms with Gasteiger partial charge in [-0.05, 0) is 25.7 Å². The van der Waals surface area contributed by atoms with E-state index in [1.165, 1.54) is 0 Å². The number of oxime groups is 1. The minimum Gasteiger partial charge on any atom is -0.622 e. The molecule has 4 rings (SSSR count). The summed E-state index contributed by atoms with van der Waals surface area (Å²) in [5.74, 6) is -0.222. The van der Waals surface area contributed by atoms with Crippen LogP contribution in [0.4, 0.5) is 0 Å². The Morgan fingerprint density at radius 2 is 2.00 bits per heavy atom. The third kappa shape index (κ3) is 1.87. The van der Waals surface area contributed by atoms with Crippen LogP contribution >= 0.6 is 0 Å². The predicted octanol–water partition coefficient (Wildman–Crippen LogP) is 0.915. The van der Waals surface area contributed by atoms with Gasteiger partial charge >= 0.3 is 0 Å². The topological polar surface area (TPSA) is 91.4 Å². The van der Waals surface area contributed by atoms with Gasteiger partial charge in [0, 0.05) is 25.9 Å². The molecule has 0 aromatic carbocycles. The van der Waals surface area contributed by atoms with Crippen molar-refractivity contribution in [2.45, 2.75) is 56.2 Å². The first-order chi connectivity index (χ1) is 11.2. The number of hydrogen-bond donors (Lipinski definition) is 2. The number of rotatable bonds is 1. The van der Waals surface area contributed by atoms with Gasteiger partial charge < -0.3 is 20.3 Å². The molecule has 0 radical (unpaired) electrons. The molecule has 4 aliphatic rings. The average Bonchev–Trinajstić information content (AvgIpc) is 2.82. The van der Waals surface area contributed by atoms with E-state index in [0.29, 0.717) is 50.6 Å². The lowest BCUT2D eigenvalue weighted by Crippen LogP contribution is -2.65. The zero-order chi connectivity index (χ0) is 16.1. The molecule has 3 fully saturated rings. The zero-order valence-electron chi connectivity index (χ0n) is 13.4. The molecule has 0 amide bonds. The smallest absolute Gasteiger partial charge is 0.235 e. The first-order valence-corrected chi connectivity index (χ1v) is 8.76. The molecule has 128 valence electrons. The second-order valence-corrected chi connectivity index (χ2v) is 7.18. The molecule has 2 saturated carbocycles. The van der Waals surface area contributed by atoms with E-state index >= 15 is 0 Å². The fraction of sp³-hybridized carbons (Fsp3) is 0.875. The van der Waals surface area contributed by atoms with Gasteiger partial charge in [0.25, 0.3) is 0 Å². The summed E-state index contributed by atoms with van der Waals surface area (Å²) in [5, 5.41) is 37.7. The van der Waals surface area contributed by atoms with E-state index in [9.17, 15) is 15.5 Å². The molecule has 0 unspecified atom stereocenters. The van der Waals surface area contributed by atoms with Crippen molar-refractivity contribution in [1.29, 1.82) is 0 Å². The molecule has 0 aromatic rings. The Hall–Kier alpha value is -1.18. The molecular weight excluding hydrogens is 298 g/mol. The molecule has 2 N–H and O–H groups in total. The van der Waals surface area contributed by atoms with Crippen molar-refractivity contribution >= 4 is 11.4 Å². The van der Waals surface area contributed by atoms with Gasteiger partial charge in [-0.1, -0.05) is 11.6 Å². The standard InChI is InChI=1S/C16H25N3O4/c20-16-12-4-1-2-7-15(12,18-8-10-23-11-9-18)19(22)14(16)6-3-5-13(16)17-21/h12,20-21H,1-11H2/t12-,15+,16-/m0/s1. The van der Waals surface area contributed by atoms with Crippen LogP contribution in [0.5, 0.6) is 0 Å². The summed E-state index contributed by atoms with van der Waals surface area (Å²) in [4.78, 5) is 2.21. The minimum atomic E-state index is -1.37. The van der Waals surface area contributed by atoms with Crippen LogP contribution in [0.1, 0.15) is 44.9 Å². The number of hydroxylamine groups is 1. The Balaban J connectivity index is 1.85. The maximum Gasteiger partial charge on any atom is 0.235 e. The highest BCUT2D eigenvalue weighted by Gasteiger charge is 2.71. The van der Waals surface area contributed by atoms with Gasteiger partial charge in [-0.25, -0.2) is 4.90 Å². The summed E-state index contributed by atoms with van der Waals surface area (Å²) >= 11 is 0. The fourth-order valence-electron chi connectivity index (χ4n) is 5.37. The lowest BCUT2D eigenvalue weighted by atomic mass is 9.65. The largest absolute Gasteiger partial charge is 0.622 e. The van der Waals surface area contributed by atoms with E-state index in [-0.39, 0.29) is 5.92 Å². The Morgan fingerprint density at radius 1 is 1.22 bits per heavy atom. The molecule has 3 atom stereocenters. The molecule has 0 spiro atoms. The summed E-state index contributed by atoms with van der Waals surface area (Å²) < 4.78 is 6.57. The summed E-state index contributed by atoms with van der Waals surface area (Å²) in [7, 11) is 0. The normalized spacial score (nSPS) is 43.5. The summed E-state index contributed by atoms with van der Waals surface area (Å²) in [6.07, 6.45) is 5.42. The monoisotopic (exact) mass is 323 g/mol. The van der Waals surface area contributed by atoms with Gasteiger partial charge in [-0.3, -0.25) is 0 Å². The highest BCUT2D eigenvalue weighted by molar-refractivity contribution is 6.15. The van der Waals surface area contributed by atoms with Crippen molar-refractivity contribution in [2.24, 2.45) is 11.1 Å². The van der Waals surface area contributed by atoms with Gasteiger partial charge in [0.2, 0.25) is 11.4 Å². The molecule has 0 bridgehead atoms. The van der Waals surface area contributed by atoms with Crippen LogP contribution in [0.15, 0.2) is 5.16 Å². The lowest BCUT2D eigenvalue weighted by Gasteiger charge is -2.47. The van der Waals surface area contributed by atoms with E-state index in [0.717, 1.165) is 36.8 Å². The molecule has 0 aromatic heterocycles. The molecule has 2 aliphatic carbocycles. The highest BCUT2D eigenvalue weighted by Crippen LogP contribution is 2.52. The van der Waals surface area contributed by atoms with E-state index in [2.05, 4.69) is 10.1 Å². The number of nitrogens with zero attached hydrogens (tertiary/aromatic N) is 3. The van der Waals surface area contributed by atoms with Gasteiger partial charge in [-0.15, -0.1) is 0 Å². The first-order valence-electron chi connectivity index (χ1n) is 8.76. The Bertz CT molecular complexity index is 558. The van der Waals surface area contributed by atoms with Crippen LogP contribution in [0.3, 0.4) is 0 Å². The molecule has 23 heavy (non-hydrogen) atoms. The van der Waals surface area contributed by atoms with Gasteiger partial charge in [0.15, 0.2) is 5.60 Å². The fourth-order valence-corrected chi connectivity index (χ4v) is 5.37. The molecule has 2 heterocycles. The van der Waals surface area contributed by atoms with Crippen LogP contribution in [-0.2, 0) is 4.74 Å². The molecule has 2 aliphatic heterocycles. The summed E-state index contributed by atoms with van der Waals surface area (Å²) in [6, 6.07) is 0. The van der Waals surface area contributed by atoms with Gasteiger partial charge in [0.1, 0.15) is 0 Å². The lowest BCUT2D eigenvalue weighted by molar-refractivity contribution is -0.591. The van der Waals surface area contributed by atoms with E-state index in [1.807, 2.05) is 0 Å². The van der Waals surface area contributed by atoms with E-state index in [1.54, 1.807) is 0 Å². The SMILES string of the molecule is [O-][N+]1=C2CCCC(=NO)[C@@]2(O)[C@H]2CCCC[C@]21N1CCOCC1. The van der Waals surface area contributed by atoms with Crippen LogP contribution in [0.2, 0.25) is 0 Å². The quantitative estimate of drug-likeness (QED) is 0.324. The molecule has 1 saturated heterocycles. The van der Waals surface area contributed by atoms with Crippen molar-refractivity contribution in [3.05, 3.63) is 5.21 Å². The Morgan fingerprint density at radius 3 is 2.74 bits per heavy atom. The number of aliphatic hydroxyl groups is 1. The predicted molar refractivity (Wildman–Crippen MR) is 83.7 cm³/mol.